The third-order valence-corrected chi connectivity index (χ3v) is 11.7. The fraction of sp³-hybridized carbons (Fsp3) is 0.867. The highest BCUT2D eigenvalue weighted by Crippen LogP contribution is 2.72. The van der Waals surface area contributed by atoms with Crippen molar-refractivity contribution in [1.29, 1.82) is 0 Å². The first-order chi connectivity index (χ1) is 14.4. The Morgan fingerprint density at radius 2 is 1.68 bits per heavy atom. The number of aliphatic hydroxyl groups is 1. The predicted octanol–water partition coefficient (Wildman–Crippen LogP) is 8.48. The van der Waals surface area contributed by atoms with Crippen molar-refractivity contribution < 1.29 is 5.11 Å². The van der Waals surface area contributed by atoms with Gasteiger partial charge in [0.2, 0.25) is 0 Å². The van der Waals surface area contributed by atoms with Crippen LogP contribution in [0.3, 0.4) is 0 Å². The first-order valence-corrected chi connectivity index (χ1v) is 13.4. The smallest absolute Gasteiger partial charge is 0.0594 e. The molecule has 2 saturated carbocycles. The predicted molar refractivity (Wildman–Crippen MR) is 133 cm³/mol. The van der Waals surface area contributed by atoms with Gasteiger partial charge in [-0.3, -0.25) is 0 Å². The fourth-order valence-electron chi connectivity index (χ4n) is 9.47. The normalized spacial score (nSPS) is 44.9. The van der Waals surface area contributed by atoms with Crippen LogP contribution in [0.2, 0.25) is 0 Å². The number of rotatable bonds is 4. The first kappa shape index (κ1) is 23.6. The van der Waals surface area contributed by atoms with Crippen LogP contribution >= 0.6 is 0 Å². The van der Waals surface area contributed by atoms with E-state index < -0.39 is 0 Å². The lowest BCUT2D eigenvalue weighted by Gasteiger charge is -2.62. The van der Waals surface area contributed by atoms with Crippen molar-refractivity contribution in [2.45, 2.75) is 126 Å². The molecule has 31 heavy (non-hydrogen) atoms. The van der Waals surface area contributed by atoms with Crippen molar-refractivity contribution in [3.63, 3.8) is 0 Å². The molecule has 1 N–H and O–H groups in total. The van der Waals surface area contributed by atoms with Gasteiger partial charge < -0.3 is 5.11 Å². The highest BCUT2D eigenvalue weighted by molar-refractivity contribution is 5.38. The summed E-state index contributed by atoms with van der Waals surface area (Å²) in [6.07, 6.45) is 15.2. The molecule has 4 aliphatic rings. The quantitative estimate of drug-likeness (QED) is 0.447. The minimum Gasteiger partial charge on any atom is -0.393 e. The number of fused-ring (bicyclic) bond motifs is 4. The summed E-state index contributed by atoms with van der Waals surface area (Å²) in [7, 11) is 0. The molecule has 2 fully saturated rings. The van der Waals surface area contributed by atoms with E-state index in [9.17, 15) is 5.11 Å². The third kappa shape index (κ3) is 3.34. The SMILES string of the molecule is CC(C)=CCC[C@@H](C)[C@@H]1CC[C@]2(C)C3=C(CC[C@@]12C)[C@@]1(C)CC[C@@H](O)C(C)(C)[C@@H]1CC3. The molecule has 0 spiro atoms. The Morgan fingerprint density at radius 1 is 0.968 bits per heavy atom. The van der Waals surface area contributed by atoms with E-state index in [1.807, 2.05) is 11.1 Å². The monoisotopic (exact) mass is 426 g/mol. The molecule has 0 saturated heterocycles. The average Bonchev–Trinajstić information content (AvgIpc) is 2.96. The Labute approximate surface area is 193 Å². The lowest BCUT2D eigenvalue weighted by molar-refractivity contribution is -0.0962. The second kappa shape index (κ2) is 7.75. The van der Waals surface area contributed by atoms with Gasteiger partial charge in [-0.2, -0.15) is 0 Å². The average molecular weight is 427 g/mol. The summed E-state index contributed by atoms with van der Waals surface area (Å²) in [4.78, 5) is 0. The molecule has 0 aromatic carbocycles. The maximum Gasteiger partial charge on any atom is 0.0594 e. The van der Waals surface area contributed by atoms with Crippen molar-refractivity contribution in [3.05, 3.63) is 22.8 Å². The molecule has 0 aliphatic heterocycles. The van der Waals surface area contributed by atoms with Crippen LogP contribution in [0.25, 0.3) is 0 Å². The van der Waals surface area contributed by atoms with Gasteiger partial charge in [-0.1, -0.05) is 64.3 Å². The summed E-state index contributed by atoms with van der Waals surface area (Å²) in [6.45, 7) is 19.6. The van der Waals surface area contributed by atoms with Crippen molar-refractivity contribution in [3.8, 4) is 0 Å². The number of allylic oxidation sites excluding steroid dienone is 4. The molecule has 1 nitrogen and oxygen atoms in total. The Morgan fingerprint density at radius 3 is 2.35 bits per heavy atom. The van der Waals surface area contributed by atoms with Crippen LogP contribution in [0.1, 0.15) is 120 Å². The van der Waals surface area contributed by atoms with Gasteiger partial charge in [0.1, 0.15) is 0 Å². The first-order valence-electron chi connectivity index (χ1n) is 13.4. The Hall–Kier alpha value is -0.560. The largest absolute Gasteiger partial charge is 0.393 e. The van der Waals surface area contributed by atoms with Crippen LogP contribution in [-0.4, -0.2) is 11.2 Å². The van der Waals surface area contributed by atoms with Crippen LogP contribution in [0.5, 0.6) is 0 Å². The van der Waals surface area contributed by atoms with E-state index in [1.165, 1.54) is 63.4 Å². The molecule has 0 aromatic rings. The molecular formula is C30H50O. The van der Waals surface area contributed by atoms with E-state index in [1.54, 1.807) is 0 Å². The van der Waals surface area contributed by atoms with Crippen LogP contribution in [0.4, 0.5) is 0 Å². The van der Waals surface area contributed by atoms with Gasteiger partial charge in [-0.05, 0) is 117 Å². The number of hydrogen-bond acceptors (Lipinski definition) is 1. The van der Waals surface area contributed by atoms with Crippen LogP contribution < -0.4 is 0 Å². The third-order valence-electron chi connectivity index (χ3n) is 11.7. The van der Waals surface area contributed by atoms with Gasteiger partial charge in [0.15, 0.2) is 0 Å². The highest BCUT2D eigenvalue weighted by atomic mass is 16.3. The molecule has 1 heteroatoms. The molecule has 0 unspecified atom stereocenters. The standard InChI is InChI=1S/C30H50O/c1-20(2)10-9-11-21(3)22-14-18-30(8)24-12-13-25-27(4,5)26(31)16-17-28(25,6)23(24)15-19-29(22,30)7/h10,21-22,25-26,31H,9,11-19H2,1-8H3/t21-,22+,25+,26-,28-,29+,30-/m1/s1. The van der Waals surface area contributed by atoms with E-state index in [2.05, 4.69) is 61.5 Å². The van der Waals surface area contributed by atoms with Gasteiger partial charge >= 0.3 is 0 Å². The molecule has 0 heterocycles. The van der Waals surface area contributed by atoms with Crippen molar-refractivity contribution in [2.75, 3.05) is 0 Å². The zero-order valence-corrected chi connectivity index (χ0v) is 21.9. The summed E-state index contributed by atoms with van der Waals surface area (Å²) < 4.78 is 0. The van der Waals surface area contributed by atoms with Crippen molar-refractivity contribution in [2.24, 2.45) is 39.4 Å². The molecule has 7 atom stereocenters. The minimum atomic E-state index is -0.130. The maximum atomic E-state index is 10.8. The lowest BCUT2D eigenvalue weighted by Crippen LogP contribution is -2.55. The summed E-state index contributed by atoms with van der Waals surface area (Å²) >= 11 is 0. The van der Waals surface area contributed by atoms with E-state index in [0.29, 0.717) is 22.2 Å². The van der Waals surface area contributed by atoms with E-state index >= 15 is 0 Å². The Bertz CT molecular complexity index is 767. The summed E-state index contributed by atoms with van der Waals surface area (Å²) in [6, 6.07) is 0. The van der Waals surface area contributed by atoms with Gasteiger partial charge in [0.05, 0.1) is 6.10 Å². The summed E-state index contributed by atoms with van der Waals surface area (Å²) in [5.41, 5.74) is 6.41. The Kier molecular flexibility index (Phi) is 5.90. The van der Waals surface area contributed by atoms with Crippen molar-refractivity contribution >= 4 is 0 Å². The maximum absolute atomic E-state index is 10.8. The van der Waals surface area contributed by atoms with E-state index in [4.69, 9.17) is 0 Å². The van der Waals surface area contributed by atoms with Gasteiger partial charge in [0.25, 0.3) is 0 Å². The van der Waals surface area contributed by atoms with Crippen LogP contribution in [0.15, 0.2) is 22.8 Å². The summed E-state index contributed by atoms with van der Waals surface area (Å²) in [5, 5.41) is 10.8. The molecule has 0 bridgehead atoms. The minimum absolute atomic E-state index is 0.0465. The highest BCUT2D eigenvalue weighted by Gasteiger charge is 2.63. The molecular weight excluding hydrogens is 376 g/mol. The van der Waals surface area contributed by atoms with Gasteiger partial charge in [-0.25, -0.2) is 0 Å². The Balaban J connectivity index is 1.65. The van der Waals surface area contributed by atoms with Crippen LogP contribution in [-0.2, 0) is 0 Å². The fourth-order valence-corrected chi connectivity index (χ4v) is 9.47. The second-order valence-corrected chi connectivity index (χ2v) is 13.6. The molecule has 4 rings (SSSR count). The topological polar surface area (TPSA) is 20.2 Å². The molecule has 0 aromatic heterocycles. The number of hydrogen-bond donors (Lipinski definition) is 1. The van der Waals surface area contributed by atoms with E-state index in [0.717, 1.165) is 18.3 Å². The van der Waals surface area contributed by atoms with Gasteiger partial charge in [-0.15, -0.1) is 0 Å². The van der Waals surface area contributed by atoms with Gasteiger partial charge in [0, 0.05) is 0 Å². The molecule has 176 valence electrons. The van der Waals surface area contributed by atoms with Crippen LogP contribution in [0, 0.1) is 39.4 Å². The molecule has 0 radical (unpaired) electrons. The summed E-state index contributed by atoms with van der Waals surface area (Å²) in [5.74, 6) is 2.32. The molecule has 0 amide bonds. The second-order valence-electron chi connectivity index (χ2n) is 13.6. The van der Waals surface area contributed by atoms with Crippen molar-refractivity contribution in [1.82, 2.24) is 0 Å². The number of aliphatic hydroxyl groups excluding tert-OH is 1. The zero-order valence-electron chi connectivity index (χ0n) is 21.9. The molecule has 4 aliphatic carbocycles. The zero-order chi connectivity index (χ0) is 22.8. The van der Waals surface area contributed by atoms with E-state index in [-0.39, 0.29) is 11.5 Å². The lowest BCUT2D eigenvalue weighted by atomic mass is 9.43.